The van der Waals surface area contributed by atoms with Crippen molar-refractivity contribution in [2.24, 2.45) is 0 Å². The standard InChI is InChI=1S/C12H10FN3O2S/c1-19-11-9(12(17)18)6-10(15-16-11)14-8-4-2-7(13)3-5-8/h2-6H,1H3,(H,14,15)(H,17,18). The molecule has 0 saturated heterocycles. The molecule has 5 nitrogen and oxygen atoms in total. The van der Waals surface area contributed by atoms with Crippen LogP contribution in [0.15, 0.2) is 35.4 Å². The number of nitrogens with zero attached hydrogens (tertiary/aromatic N) is 2. The van der Waals surface area contributed by atoms with Crippen molar-refractivity contribution in [2.75, 3.05) is 11.6 Å². The normalized spacial score (nSPS) is 10.2. The summed E-state index contributed by atoms with van der Waals surface area (Å²) >= 11 is 1.21. The Labute approximate surface area is 112 Å². The lowest BCUT2D eigenvalue weighted by molar-refractivity contribution is 0.0692. The van der Waals surface area contributed by atoms with Gasteiger partial charge in [-0.3, -0.25) is 0 Å². The number of carboxylic acid groups (broad SMARTS) is 1. The molecule has 0 amide bonds. The van der Waals surface area contributed by atoms with E-state index in [0.717, 1.165) is 0 Å². The van der Waals surface area contributed by atoms with Gasteiger partial charge in [0.1, 0.15) is 10.8 Å². The predicted octanol–water partition coefficient (Wildman–Crippen LogP) is 2.78. The molecule has 1 aromatic heterocycles. The van der Waals surface area contributed by atoms with E-state index in [1.165, 1.54) is 42.1 Å². The van der Waals surface area contributed by atoms with E-state index in [-0.39, 0.29) is 11.4 Å². The molecule has 0 unspecified atom stereocenters. The molecule has 2 N–H and O–H groups in total. The summed E-state index contributed by atoms with van der Waals surface area (Å²) in [6, 6.07) is 7.04. The smallest absolute Gasteiger partial charge is 0.338 e. The molecule has 0 aliphatic heterocycles. The summed E-state index contributed by atoms with van der Waals surface area (Å²) < 4.78 is 12.8. The van der Waals surface area contributed by atoms with Crippen LogP contribution in [0.5, 0.6) is 0 Å². The molecule has 0 bridgehead atoms. The molecule has 0 aliphatic rings. The predicted molar refractivity (Wildman–Crippen MR) is 70.5 cm³/mol. The van der Waals surface area contributed by atoms with E-state index in [4.69, 9.17) is 5.11 Å². The highest BCUT2D eigenvalue weighted by atomic mass is 32.2. The number of aromatic nitrogens is 2. The molecule has 1 heterocycles. The molecule has 0 aliphatic carbocycles. The van der Waals surface area contributed by atoms with Crippen LogP contribution in [0.4, 0.5) is 15.9 Å². The number of halogens is 1. The summed E-state index contributed by atoms with van der Waals surface area (Å²) in [5.74, 6) is -1.12. The van der Waals surface area contributed by atoms with E-state index < -0.39 is 5.97 Å². The molecule has 0 atom stereocenters. The molecule has 0 fully saturated rings. The maximum atomic E-state index is 12.8. The SMILES string of the molecule is CSc1nnc(Nc2ccc(F)cc2)cc1C(=O)O. The summed E-state index contributed by atoms with van der Waals surface area (Å²) in [4.78, 5) is 11.1. The number of anilines is 2. The van der Waals surface area contributed by atoms with Crippen LogP contribution in [0, 0.1) is 5.82 Å². The lowest BCUT2D eigenvalue weighted by Gasteiger charge is -2.07. The molecule has 98 valence electrons. The molecule has 2 aromatic rings. The third kappa shape index (κ3) is 3.19. The second-order valence-electron chi connectivity index (χ2n) is 3.59. The number of hydrogen-bond donors (Lipinski definition) is 2. The van der Waals surface area contributed by atoms with Gasteiger partial charge in [-0.25, -0.2) is 9.18 Å². The number of nitrogens with one attached hydrogen (secondary N) is 1. The first-order chi connectivity index (χ1) is 9.10. The summed E-state index contributed by atoms with van der Waals surface area (Å²) in [7, 11) is 0. The van der Waals surface area contributed by atoms with E-state index in [1.54, 1.807) is 6.26 Å². The molecule has 1 aromatic carbocycles. The first-order valence-corrected chi connectivity index (χ1v) is 6.50. The van der Waals surface area contributed by atoms with Crippen molar-refractivity contribution in [2.45, 2.75) is 5.03 Å². The van der Waals surface area contributed by atoms with Gasteiger partial charge in [0.15, 0.2) is 5.82 Å². The first kappa shape index (κ1) is 13.3. The fourth-order valence-electron chi connectivity index (χ4n) is 1.43. The number of rotatable bonds is 4. The van der Waals surface area contributed by atoms with Gasteiger partial charge in [0.05, 0.1) is 5.56 Å². The Morgan fingerprint density at radius 3 is 2.58 bits per heavy atom. The topological polar surface area (TPSA) is 75.1 Å². The van der Waals surface area contributed by atoms with Crippen molar-refractivity contribution in [3.8, 4) is 0 Å². The Morgan fingerprint density at radius 2 is 2.00 bits per heavy atom. The summed E-state index contributed by atoms with van der Waals surface area (Å²) in [6.07, 6.45) is 1.73. The van der Waals surface area contributed by atoms with Crippen LogP contribution in [-0.2, 0) is 0 Å². The van der Waals surface area contributed by atoms with Gasteiger partial charge in [0.2, 0.25) is 0 Å². The zero-order chi connectivity index (χ0) is 13.8. The highest BCUT2D eigenvalue weighted by Gasteiger charge is 2.13. The third-order valence-electron chi connectivity index (χ3n) is 2.30. The molecule has 2 rings (SSSR count). The second kappa shape index (κ2) is 5.66. The Morgan fingerprint density at radius 1 is 1.32 bits per heavy atom. The molecule has 0 spiro atoms. The van der Waals surface area contributed by atoms with Gasteiger partial charge in [-0.2, -0.15) is 0 Å². The first-order valence-electron chi connectivity index (χ1n) is 5.28. The van der Waals surface area contributed by atoms with E-state index >= 15 is 0 Å². The number of aromatic carboxylic acids is 1. The van der Waals surface area contributed by atoms with Crippen molar-refractivity contribution < 1.29 is 14.3 Å². The van der Waals surface area contributed by atoms with Crippen molar-refractivity contribution >= 4 is 29.2 Å². The quantitative estimate of drug-likeness (QED) is 0.838. The van der Waals surface area contributed by atoms with Gasteiger partial charge in [-0.15, -0.1) is 22.0 Å². The third-order valence-corrected chi connectivity index (χ3v) is 2.99. The monoisotopic (exact) mass is 279 g/mol. The van der Waals surface area contributed by atoms with Crippen LogP contribution >= 0.6 is 11.8 Å². The van der Waals surface area contributed by atoms with Crippen LogP contribution in [-0.4, -0.2) is 27.5 Å². The van der Waals surface area contributed by atoms with Crippen molar-refractivity contribution in [1.82, 2.24) is 10.2 Å². The molecular weight excluding hydrogens is 269 g/mol. The highest BCUT2D eigenvalue weighted by molar-refractivity contribution is 7.98. The second-order valence-corrected chi connectivity index (χ2v) is 4.38. The van der Waals surface area contributed by atoms with Gasteiger partial charge in [0.25, 0.3) is 0 Å². The van der Waals surface area contributed by atoms with Gasteiger partial charge in [-0.1, -0.05) is 0 Å². The van der Waals surface area contributed by atoms with Gasteiger partial charge < -0.3 is 10.4 Å². The number of hydrogen-bond acceptors (Lipinski definition) is 5. The summed E-state index contributed by atoms with van der Waals surface area (Å²) in [5.41, 5.74) is 0.677. The maximum Gasteiger partial charge on any atom is 0.338 e. The van der Waals surface area contributed by atoms with Crippen LogP contribution in [0.2, 0.25) is 0 Å². The largest absolute Gasteiger partial charge is 0.478 e. The van der Waals surface area contributed by atoms with Crippen LogP contribution in [0.3, 0.4) is 0 Å². The minimum Gasteiger partial charge on any atom is -0.478 e. The minimum absolute atomic E-state index is 0.0760. The maximum absolute atomic E-state index is 12.8. The molecule has 7 heteroatoms. The van der Waals surface area contributed by atoms with Gasteiger partial charge in [-0.05, 0) is 36.6 Å². The zero-order valence-corrected chi connectivity index (χ0v) is 10.7. The van der Waals surface area contributed by atoms with E-state index in [0.29, 0.717) is 16.5 Å². The number of benzene rings is 1. The Hall–Kier alpha value is -2.15. The average Bonchev–Trinajstić information content (AvgIpc) is 2.41. The fraction of sp³-hybridized carbons (Fsp3) is 0.0833. The van der Waals surface area contributed by atoms with E-state index in [2.05, 4.69) is 15.5 Å². The minimum atomic E-state index is -1.07. The summed E-state index contributed by atoms with van der Waals surface area (Å²) in [5, 5.41) is 20.0. The van der Waals surface area contributed by atoms with Crippen LogP contribution in [0.1, 0.15) is 10.4 Å². The number of carbonyl (C=O) groups is 1. The Balaban J connectivity index is 2.28. The fourth-order valence-corrected chi connectivity index (χ4v) is 1.92. The van der Waals surface area contributed by atoms with Crippen LogP contribution in [0.25, 0.3) is 0 Å². The Bertz CT molecular complexity index is 604. The van der Waals surface area contributed by atoms with Gasteiger partial charge >= 0.3 is 5.97 Å². The molecule has 0 saturated carbocycles. The van der Waals surface area contributed by atoms with Gasteiger partial charge in [0, 0.05) is 5.69 Å². The molecule has 0 radical (unpaired) electrons. The van der Waals surface area contributed by atoms with Crippen molar-refractivity contribution in [1.29, 1.82) is 0 Å². The number of thioether (sulfide) groups is 1. The highest BCUT2D eigenvalue weighted by Crippen LogP contribution is 2.21. The Kier molecular flexibility index (Phi) is 3.96. The van der Waals surface area contributed by atoms with Crippen molar-refractivity contribution in [3.05, 3.63) is 41.7 Å². The van der Waals surface area contributed by atoms with Crippen LogP contribution < -0.4 is 5.32 Å². The van der Waals surface area contributed by atoms with E-state index in [1.807, 2.05) is 0 Å². The lowest BCUT2D eigenvalue weighted by Crippen LogP contribution is -2.05. The number of carboxylic acids is 1. The summed E-state index contributed by atoms with van der Waals surface area (Å²) in [6.45, 7) is 0. The van der Waals surface area contributed by atoms with E-state index in [9.17, 15) is 9.18 Å². The zero-order valence-electron chi connectivity index (χ0n) is 9.92. The molecule has 19 heavy (non-hydrogen) atoms. The molecular formula is C12H10FN3O2S. The van der Waals surface area contributed by atoms with Crippen molar-refractivity contribution in [3.63, 3.8) is 0 Å². The lowest BCUT2D eigenvalue weighted by atomic mass is 10.3. The average molecular weight is 279 g/mol.